The maximum atomic E-state index is 12.6. The van der Waals surface area contributed by atoms with Gasteiger partial charge in [0.1, 0.15) is 5.69 Å². The van der Waals surface area contributed by atoms with Crippen LogP contribution in [0.4, 0.5) is 0 Å². The predicted octanol–water partition coefficient (Wildman–Crippen LogP) is 3.77. The Labute approximate surface area is 121 Å². The molecule has 0 aliphatic carbocycles. The fraction of sp³-hybridized carbons (Fsp3) is 0.125. The first-order valence-electron chi connectivity index (χ1n) is 6.30. The highest BCUT2D eigenvalue weighted by atomic mass is 35.5. The van der Waals surface area contributed by atoms with Gasteiger partial charge in [-0.25, -0.2) is 0 Å². The number of nitrogens with zero attached hydrogens (tertiary/aromatic N) is 2. The van der Waals surface area contributed by atoms with Crippen LogP contribution in [0.3, 0.4) is 0 Å². The monoisotopic (exact) mass is 284 g/mol. The van der Waals surface area contributed by atoms with Crippen molar-refractivity contribution in [3.8, 4) is 0 Å². The van der Waals surface area contributed by atoms with E-state index in [1.54, 1.807) is 16.8 Å². The molecule has 0 radical (unpaired) electrons. The summed E-state index contributed by atoms with van der Waals surface area (Å²) in [5.74, 6) is -0.108. The van der Waals surface area contributed by atoms with Gasteiger partial charge in [-0.15, -0.1) is 0 Å². The molecule has 2 aromatic carbocycles. The summed E-state index contributed by atoms with van der Waals surface area (Å²) in [4.78, 5) is 12.6. The number of hydrogen-bond donors (Lipinski definition) is 0. The third-order valence-corrected chi connectivity index (χ3v) is 3.81. The number of aromatic nitrogens is 2. The molecule has 3 aromatic rings. The topological polar surface area (TPSA) is 34.9 Å². The lowest BCUT2D eigenvalue weighted by atomic mass is 10.0. The molecule has 0 fully saturated rings. The van der Waals surface area contributed by atoms with E-state index in [1.165, 1.54) is 0 Å². The molecule has 3 nitrogen and oxygen atoms in total. The Balaban J connectivity index is 2.15. The molecule has 20 heavy (non-hydrogen) atoms. The first-order valence-corrected chi connectivity index (χ1v) is 6.68. The molecular weight excluding hydrogens is 272 g/mol. The molecule has 0 saturated heterocycles. The zero-order valence-corrected chi connectivity index (χ0v) is 12.0. The van der Waals surface area contributed by atoms with Crippen LogP contribution in [0.1, 0.15) is 21.6 Å². The average Bonchev–Trinajstić information content (AvgIpc) is 2.79. The largest absolute Gasteiger partial charge is 0.287 e. The minimum absolute atomic E-state index is 0.108. The maximum absolute atomic E-state index is 12.6. The molecule has 100 valence electrons. The SMILES string of the molecule is Cc1ccc(C(=O)c2nn(C)c3ccccc23)cc1Cl. The summed E-state index contributed by atoms with van der Waals surface area (Å²) in [6.07, 6.45) is 0. The van der Waals surface area contributed by atoms with Crippen LogP contribution in [0.15, 0.2) is 42.5 Å². The Morgan fingerprint density at radius 1 is 1.20 bits per heavy atom. The molecule has 1 aromatic heterocycles. The number of halogens is 1. The van der Waals surface area contributed by atoms with Crippen LogP contribution in [-0.2, 0) is 7.05 Å². The summed E-state index contributed by atoms with van der Waals surface area (Å²) in [7, 11) is 1.83. The van der Waals surface area contributed by atoms with Crippen molar-refractivity contribution in [2.24, 2.45) is 7.05 Å². The number of fused-ring (bicyclic) bond motifs is 1. The second-order valence-corrected chi connectivity index (χ2v) is 5.19. The molecule has 0 N–H and O–H groups in total. The van der Waals surface area contributed by atoms with Gasteiger partial charge in [-0.05, 0) is 24.6 Å². The number of carbonyl (C=O) groups excluding carboxylic acids is 1. The van der Waals surface area contributed by atoms with Crippen LogP contribution < -0.4 is 0 Å². The van der Waals surface area contributed by atoms with Crippen molar-refractivity contribution >= 4 is 28.3 Å². The van der Waals surface area contributed by atoms with Crippen LogP contribution in [0.5, 0.6) is 0 Å². The van der Waals surface area contributed by atoms with Crippen molar-refractivity contribution in [1.82, 2.24) is 9.78 Å². The number of carbonyl (C=O) groups is 1. The average molecular weight is 285 g/mol. The summed E-state index contributed by atoms with van der Waals surface area (Å²) in [5, 5.41) is 5.79. The molecule has 3 rings (SSSR count). The first-order chi connectivity index (χ1) is 9.58. The Hall–Kier alpha value is -2.13. The van der Waals surface area contributed by atoms with Crippen LogP contribution >= 0.6 is 11.6 Å². The quantitative estimate of drug-likeness (QED) is 0.672. The summed E-state index contributed by atoms with van der Waals surface area (Å²) < 4.78 is 1.72. The van der Waals surface area contributed by atoms with Gasteiger partial charge in [0, 0.05) is 23.0 Å². The van der Waals surface area contributed by atoms with Gasteiger partial charge in [-0.2, -0.15) is 5.10 Å². The number of aryl methyl sites for hydroxylation is 2. The molecule has 4 heteroatoms. The number of ketones is 1. The summed E-state index contributed by atoms with van der Waals surface area (Å²) in [6.45, 7) is 1.91. The highest BCUT2D eigenvalue weighted by Crippen LogP contribution is 2.23. The van der Waals surface area contributed by atoms with E-state index in [9.17, 15) is 4.79 Å². The van der Waals surface area contributed by atoms with Crippen molar-refractivity contribution in [3.63, 3.8) is 0 Å². The Morgan fingerprint density at radius 2 is 1.95 bits per heavy atom. The Bertz CT molecular complexity index is 820. The van der Waals surface area contributed by atoms with E-state index in [4.69, 9.17) is 11.6 Å². The zero-order valence-electron chi connectivity index (χ0n) is 11.2. The van der Waals surface area contributed by atoms with E-state index in [0.717, 1.165) is 16.5 Å². The number of rotatable bonds is 2. The van der Waals surface area contributed by atoms with Gasteiger partial charge >= 0.3 is 0 Å². The highest BCUT2D eigenvalue weighted by molar-refractivity contribution is 6.32. The summed E-state index contributed by atoms with van der Waals surface area (Å²) in [5.41, 5.74) is 2.91. The van der Waals surface area contributed by atoms with Crippen molar-refractivity contribution in [1.29, 1.82) is 0 Å². The molecule has 0 bridgehead atoms. The molecule has 0 atom stereocenters. The van der Waals surface area contributed by atoms with Gasteiger partial charge in [0.15, 0.2) is 0 Å². The van der Waals surface area contributed by atoms with Crippen molar-refractivity contribution in [3.05, 3.63) is 64.3 Å². The second kappa shape index (κ2) is 4.76. The third-order valence-electron chi connectivity index (χ3n) is 3.41. The van der Waals surface area contributed by atoms with Gasteiger partial charge in [0.05, 0.1) is 5.52 Å². The van der Waals surface area contributed by atoms with E-state index in [1.807, 2.05) is 44.3 Å². The van der Waals surface area contributed by atoms with E-state index >= 15 is 0 Å². The van der Waals surface area contributed by atoms with Crippen molar-refractivity contribution < 1.29 is 4.79 Å². The smallest absolute Gasteiger partial charge is 0.213 e. The molecule has 0 spiro atoms. The van der Waals surface area contributed by atoms with Gasteiger partial charge in [-0.1, -0.05) is 41.9 Å². The second-order valence-electron chi connectivity index (χ2n) is 4.78. The lowest BCUT2D eigenvalue weighted by molar-refractivity contribution is 0.103. The summed E-state index contributed by atoms with van der Waals surface area (Å²) >= 11 is 6.09. The minimum Gasteiger partial charge on any atom is -0.287 e. The number of benzene rings is 2. The van der Waals surface area contributed by atoms with Gasteiger partial charge in [0.2, 0.25) is 5.78 Å². The van der Waals surface area contributed by atoms with Crippen LogP contribution in [0, 0.1) is 6.92 Å². The van der Waals surface area contributed by atoms with Gasteiger partial charge in [0.25, 0.3) is 0 Å². The fourth-order valence-corrected chi connectivity index (χ4v) is 2.43. The number of hydrogen-bond acceptors (Lipinski definition) is 2. The van der Waals surface area contributed by atoms with E-state index in [2.05, 4.69) is 5.10 Å². The molecule has 0 saturated carbocycles. The third kappa shape index (κ3) is 2.00. The molecule has 0 unspecified atom stereocenters. The molecular formula is C16H13ClN2O. The lowest BCUT2D eigenvalue weighted by Crippen LogP contribution is -2.04. The summed E-state index contributed by atoms with van der Waals surface area (Å²) in [6, 6.07) is 13.0. The van der Waals surface area contributed by atoms with E-state index < -0.39 is 0 Å². The van der Waals surface area contributed by atoms with Crippen LogP contribution in [-0.4, -0.2) is 15.6 Å². The van der Waals surface area contributed by atoms with Crippen LogP contribution in [0.2, 0.25) is 5.02 Å². The predicted molar refractivity (Wildman–Crippen MR) is 80.3 cm³/mol. The van der Waals surface area contributed by atoms with Crippen molar-refractivity contribution in [2.75, 3.05) is 0 Å². The lowest BCUT2D eigenvalue weighted by Gasteiger charge is -2.02. The van der Waals surface area contributed by atoms with E-state index in [0.29, 0.717) is 16.3 Å². The standard InChI is InChI=1S/C16H13ClN2O/c1-10-7-8-11(9-13(10)17)16(20)15-12-5-3-4-6-14(12)19(2)18-15/h3-9H,1-2H3. The number of para-hydroxylation sites is 1. The molecule has 0 amide bonds. The van der Waals surface area contributed by atoms with Gasteiger partial charge in [-0.3, -0.25) is 9.48 Å². The molecule has 0 aliphatic rings. The Kier molecular flexibility index (Phi) is 3.07. The van der Waals surface area contributed by atoms with E-state index in [-0.39, 0.29) is 5.78 Å². The minimum atomic E-state index is -0.108. The normalized spacial score (nSPS) is 10.9. The maximum Gasteiger partial charge on any atom is 0.213 e. The van der Waals surface area contributed by atoms with Crippen molar-refractivity contribution in [2.45, 2.75) is 6.92 Å². The first kappa shape index (κ1) is 12.9. The van der Waals surface area contributed by atoms with Gasteiger partial charge < -0.3 is 0 Å². The molecule has 0 aliphatic heterocycles. The fourth-order valence-electron chi connectivity index (χ4n) is 2.25. The molecule has 1 heterocycles. The zero-order chi connectivity index (χ0) is 14.3. The Morgan fingerprint density at radius 3 is 2.70 bits per heavy atom. The van der Waals surface area contributed by atoms with Crippen LogP contribution in [0.25, 0.3) is 10.9 Å². The highest BCUT2D eigenvalue weighted by Gasteiger charge is 2.17.